The molecule has 0 aliphatic rings. The number of aliphatic hydroxyl groups is 1. The number of H-pyrrole nitrogens is 1. The van der Waals surface area contributed by atoms with Crippen molar-refractivity contribution in [1.82, 2.24) is 10.3 Å². The maximum absolute atomic E-state index is 11.8. The summed E-state index contributed by atoms with van der Waals surface area (Å²) in [5, 5.41) is 11.4. The second-order valence-electron chi connectivity index (χ2n) is 4.13. The van der Waals surface area contributed by atoms with Gasteiger partial charge in [0.05, 0.1) is 0 Å². The molecule has 17 heavy (non-hydrogen) atoms. The molecule has 1 rings (SSSR count). The van der Waals surface area contributed by atoms with Gasteiger partial charge in [0.1, 0.15) is 5.56 Å². The van der Waals surface area contributed by atoms with E-state index in [4.69, 9.17) is 5.11 Å². The maximum atomic E-state index is 11.8. The van der Waals surface area contributed by atoms with Crippen molar-refractivity contribution in [3.8, 4) is 0 Å². The van der Waals surface area contributed by atoms with Gasteiger partial charge in [-0.15, -0.1) is 0 Å². The first-order valence-corrected chi connectivity index (χ1v) is 5.65. The van der Waals surface area contributed by atoms with Crippen LogP contribution < -0.4 is 10.7 Å². The summed E-state index contributed by atoms with van der Waals surface area (Å²) < 4.78 is 0. The van der Waals surface area contributed by atoms with E-state index in [0.717, 1.165) is 5.69 Å². The van der Waals surface area contributed by atoms with Crippen molar-refractivity contribution >= 4 is 5.91 Å². The quantitative estimate of drug-likeness (QED) is 0.701. The fraction of sp³-hybridized carbons (Fsp3) is 0.500. The highest BCUT2D eigenvalue weighted by Gasteiger charge is 2.12. The van der Waals surface area contributed by atoms with Gasteiger partial charge in [-0.3, -0.25) is 9.59 Å². The van der Waals surface area contributed by atoms with E-state index < -0.39 is 0 Å². The molecule has 0 aliphatic carbocycles. The Balaban J connectivity index is 2.67. The molecule has 0 aliphatic heterocycles. The molecule has 94 valence electrons. The number of pyridine rings is 1. The number of aryl methyl sites for hydroxylation is 1. The second kappa shape index (κ2) is 6.20. The minimum atomic E-state index is -0.378. The van der Waals surface area contributed by atoms with Crippen molar-refractivity contribution in [1.29, 1.82) is 0 Å². The Labute approximate surface area is 99.9 Å². The zero-order valence-electron chi connectivity index (χ0n) is 10.1. The standard InChI is InChI=1S/C12H18N2O3/c1-8(4-3-5-15)14-12(17)10-7-13-9(2)6-11(10)16/h6-8,15H,3-5H2,1-2H3,(H,13,16)(H,14,17). The Morgan fingerprint density at radius 1 is 1.59 bits per heavy atom. The van der Waals surface area contributed by atoms with Crippen LogP contribution in [0.3, 0.4) is 0 Å². The average Bonchev–Trinajstić information content (AvgIpc) is 2.26. The number of aliphatic hydroxyl groups excluding tert-OH is 1. The van der Waals surface area contributed by atoms with Crippen LogP contribution >= 0.6 is 0 Å². The molecule has 1 atom stereocenters. The van der Waals surface area contributed by atoms with E-state index in [-0.39, 0.29) is 29.5 Å². The average molecular weight is 238 g/mol. The van der Waals surface area contributed by atoms with Gasteiger partial charge in [0, 0.05) is 30.6 Å². The van der Waals surface area contributed by atoms with Crippen LogP contribution in [0.15, 0.2) is 17.1 Å². The Kier molecular flexibility index (Phi) is 4.90. The van der Waals surface area contributed by atoms with Gasteiger partial charge in [0.2, 0.25) is 0 Å². The number of amides is 1. The Morgan fingerprint density at radius 3 is 2.88 bits per heavy atom. The van der Waals surface area contributed by atoms with Gasteiger partial charge < -0.3 is 15.4 Å². The fourth-order valence-corrected chi connectivity index (χ4v) is 1.52. The second-order valence-corrected chi connectivity index (χ2v) is 4.13. The number of carbonyl (C=O) groups excluding carboxylic acids is 1. The van der Waals surface area contributed by atoms with Gasteiger partial charge in [-0.2, -0.15) is 0 Å². The normalized spacial score (nSPS) is 12.2. The molecule has 0 radical (unpaired) electrons. The van der Waals surface area contributed by atoms with Gasteiger partial charge in [-0.25, -0.2) is 0 Å². The van der Waals surface area contributed by atoms with E-state index in [1.54, 1.807) is 6.92 Å². The summed E-state index contributed by atoms with van der Waals surface area (Å²) in [4.78, 5) is 26.2. The minimum Gasteiger partial charge on any atom is -0.396 e. The van der Waals surface area contributed by atoms with Crippen LogP contribution in [0.25, 0.3) is 0 Å². The Bertz CT molecular complexity index is 440. The fourth-order valence-electron chi connectivity index (χ4n) is 1.52. The topological polar surface area (TPSA) is 82.2 Å². The number of aromatic nitrogens is 1. The largest absolute Gasteiger partial charge is 0.396 e. The molecule has 1 aromatic heterocycles. The lowest BCUT2D eigenvalue weighted by Gasteiger charge is -2.12. The lowest BCUT2D eigenvalue weighted by atomic mass is 10.1. The number of hydrogen-bond donors (Lipinski definition) is 3. The number of hydrogen-bond acceptors (Lipinski definition) is 3. The number of rotatable bonds is 5. The molecule has 3 N–H and O–H groups in total. The third-order valence-corrected chi connectivity index (χ3v) is 2.47. The smallest absolute Gasteiger partial charge is 0.256 e. The molecule has 0 saturated carbocycles. The highest BCUT2D eigenvalue weighted by molar-refractivity contribution is 5.93. The Morgan fingerprint density at radius 2 is 2.29 bits per heavy atom. The van der Waals surface area contributed by atoms with Crippen LogP contribution in [0.4, 0.5) is 0 Å². The molecule has 5 nitrogen and oxygen atoms in total. The third-order valence-electron chi connectivity index (χ3n) is 2.47. The van der Waals surface area contributed by atoms with Gasteiger partial charge in [-0.1, -0.05) is 0 Å². The van der Waals surface area contributed by atoms with Gasteiger partial charge in [0.25, 0.3) is 5.91 Å². The summed E-state index contributed by atoms with van der Waals surface area (Å²) in [6, 6.07) is 1.34. The monoisotopic (exact) mass is 238 g/mol. The molecule has 5 heteroatoms. The SMILES string of the molecule is Cc1cc(=O)c(C(=O)NC(C)CCCO)c[nH]1. The molecular weight excluding hydrogens is 220 g/mol. The van der Waals surface area contributed by atoms with Crippen LogP contribution in [-0.2, 0) is 0 Å². The van der Waals surface area contributed by atoms with Crippen molar-refractivity contribution in [3.63, 3.8) is 0 Å². The van der Waals surface area contributed by atoms with Crippen LogP contribution in [0.2, 0.25) is 0 Å². The first-order valence-electron chi connectivity index (χ1n) is 5.65. The van der Waals surface area contributed by atoms with Crippen LogP contribution in [0, 0.1) is 6.92 Å². The number of aromatic amines is 1. The molecule has 0 saturated heterocycles. The zero-order chi connectivity index (χ0) is 12.8. The first kappa shape index (κ1) is 13.4. The predicted molar refractivity (Wildman–Crippen MR) is 65.0 cm³/mol. The minimum absolute atomic E-state index is 0.0599. The van der Waals surface area contributed by atoms with Crippen molar-refractivity contribution in [2.24, 2.45) is 0 Å². The molecule has 0 aromatic carbocycles. The molecule has 0 fully saturated rings. The summed E-state index contributed by atoms with van der Waals surface area (Å²) in [7, 11) is 0. The molecule has 0 spiro atoms. The maximum Gasteiger partial charge on any atom is 0.256 e. The Hall–Kier alpha value is -1.62. The highest BCUT2D eigenvalue weighted by Crippen LogP contribution is 1.98. The molecular formula is C12H18N2O3. The summed E-state index contributed by atoms with van der Waals surface area (Å²) in [6.45, 7) is 3.70. The van der Waals surface area contributed by atoms with Crippen LogP contribution in [0.1, 0.15) is 35.8 Å². The molecule has 1 heterocycles. The van der Waals surface area contributed by atoms with Crippen LogP contribution in [0.5, 0.6) is 0 Å². The van der Waals surface area contributed by atoms with Crippen molar-refractivity contribution in [3.05, 3.63) is 33.7 Å². The summed E-state index contributed by atoms with van der Waals surface area (Å²) in [5.74, 6) is -0.378. The number of carbonyl (C=O) groups is 1. The van der Waals surface area contributed by atoms with E-state index in [2.05, 4.69) is 10.3 Å². The van der Waals surface area contributed by atoms with E-state index >= 15 is 0 Å². The van der Waals surface area contributed by atoms with Crippen molar-refractivity contribution in [2.75, 3.05) is 6.61 Å². The lowest BCUT2D eigenvalue weighted by Crippen LogP contribution is -2.35. The lowest BCUT2D eigenvalue weighted by molar-refractivity contribution is 0.0935. The molecule has 1 aromatic rings. The van der Waals surface area contributed by atoms with Crippen molar-refractivity contribution < 1.29 is 9.90 Å². The zero-order valence-corrected chi connectivity index (χ0v) is 10.1. The van der Waals surface area contributed by atoms with Gasteiger partial charge >= 0.3 is 0 Å². The summed E-state index contributed by atoms with van der Waals surface area (Å²) in [6.07, 6.45) is 2.74. The molecule has 1 amide bonds. The molecule has 1 unspecified atom stereocenters. The summed E-state index contributed by atoms with van der Waals surface area (Å²) >= 11 is 0. The van der Waals surface area contributed by atoms with E-state index in [1.807, 2.05) is 6.92 Å². The summed E-state index contributed by atoms with van der Waals surface area (Å²) in [5.41, 5.74) is 0.555. The van der Waals surface area contributed by atoms with E-state index in [9.17, 15) is 9.59 Å². The van der Waals surface area contributed by atoms with E-state index in [1.165, 1.54) is 12.3 Å². The van der Waals surface area contributed by atoms with E-state index in [0.29, 0.717) is 12.8 Å². The highest BCUT2D eigenvalue weighted by atomic mass is 16.3. The molecule has 0 bridgehead atoms. The van der Waals surface area contributed by atoms with Crippen molar-refractivity contribution in [2.45, 2.75) is 32.7 Å². The predicted octanol–water partition coefficient (Wildman–Crippen LogP) is 0.574. The van der Waals surface area contributed by atoms with Gasteiger partial charge in [0.15, 0.2) is 5.43 Å². The van der Waals surface area contributed by atoms with Gasteiger partial charge in [-0.05, 0) is 26.7 Å². The third kappa shape index (κ3) is 4.03. The first-order chi connectivity index (χ1) is 8.04. The van der Waals surface area contributed by atoms with Crippen LogP contribution in [-0.4, -0.2) is 28.6 Å². The number of nitrogens with one attached hydrogen (secondary N) is 2.